The van der Waals surface area contributed by atoms with Gasteiger partial charge in [0.05, 0.1) is 7.11 Å². The lowest BCUT2D eigenvalue weighted by atomic mass is 9.42. The standard InChI is InChI=1S/C27H44O3.C2H6/c1-6-18-20-9-7-8-15-26(20,3)22-14-16-27(4)19(17(2)10-13-23(28)30-5)11-12-21(27)24(22)25(18)29;1-2/h17-22,24H,6-16H2,1-5H3;1-2H3/t17-,18?,19?,20?,21?,22?,24?,26?,27?;/m1./s1. The number of methoxy groups -OCH3 is 1. The average Bonchev–Trinajstić information content (AvgIpc) is 3.16. The Hall–Kier alpha value is -0.860. The number of hydrogen-bond donors (Lipinski definition) is 0. The van der Waals surface area contributed by atoms with Gasteiger partial charge in [-0.05, 0) is 91.8 Å². The van der Waals surface area contributed by atoms with Gasteiger partial charge in [-0.15, -0.1) is 0 Å². The quantitative estimate of drug-likeness (QED) is 0.411. The van der Waals surface area contributed by atoms with Gasteiger partial charge in [0.1, 0.15) is 5.78 Å². The zero-order valence-electron chi connectivity index (χ0n) is 22.0. The van der Waals surface area contributed by atoms with Crippen LogP contribution in [0.3, 0.4) is 0 Å². The van der Waals surface area contributed by atoms with Crippen LogP contribution >= 0.6 is 0 Å². The van der Waals surface area contributed by atoms with E-state index in [-0.39, 0.29) is 11.4 Å². The van der Waals surface area contributed by atoms with E-state index in [0.29, 0.717) is 59.0 Å². The Morgan fingerprint density at radius 3 is 2.34 bits per heavy atom. The largest absolute Gasteiger partial charge is 0.469 e. The van der Waals surface area contributed by atoms with Crippen LogP contribution in [0.5, 0.6) is 0 Å². The molecule has 0 heterocycles. The number of esters is 1. The normalized spacial score (nSPS) is 43.8. The summed E-state index contributed by atoms with van der Waals surface area (Å²) in [6, 6.07) is 0. The second-order valence-corrected chi connectivity index (χ2v) is 11.8. The van der Waals surface area contributed by atoms with Crippen molar-refractivity contribution in [2.24, 2.45) is 52.3 Å². The molecular formula is C29H50O3. The van der Waals surface area contributed by atoms with Gasteiger partial charge < -0.3 is 4.74 Å². The highest BCUT2D eigenvalue weighted by atomic mass is 16.5. The molecular weight excluding hydrogens is 396 g/mol. The van der Waals surface area contributed by atoms with Crippen molar-refractivity contribution in [2.45, 2.75) is 112 Å². The van der Waals surface area contributed by atoms with Crippen molar-refractivity contribution >= 4 is 11.8 Å². The summed E-state index contributed by atoms with van der Waals surface area (Å²) in [5, 5.41) is 0. The van der Waals surface area contributed by atoms with Gasteiger partial charge >= 0.3 is 5.97 Å². The number of ether oxygens (including phenoxy) is 1. The van der Waals surface area contributed by atoms with Crippen molar-refractivity contribution in [1.29, 1.82) is 0 Å². The van der Waals surface area contributed by atoms with Crippen LogP contribution < -0.4 is 0 Å². The topological polar surface area (TPSA) is 43.4 Å². The lowest BCUT2D eigenvalue weighted by Gasteiger charge is -2.62. The molecule has 3 nitrogen and oxygen atoms in total. The number of carbonyl (C=O) groups is 2. The molecule has 0 saturated heterocycles. The van der Waals surface area contributed by atoms with Gasteiger partial charge in [-0.1, -0.05) is 54.4 Å². The zero-order valence-corrected chi connectivity index (χ0v) is 22.0. The summed E-state index contributed by atoms with van der Waals surface area (Å²) in [5.41, 5.74) is 0.649. The molecule has 0 aliphatic heterocycles. The molecule has 8 unspecified atom stereocenters. The van der Waals surface area contributed by atoms with Crippen LogP contribution in [0.4, 0.5) is 0 Å². The van der Waals surface area contributed by atoms with Crippen molar-refractivity contribution in [1.82, 2.24) is 0 Å². The molecule has 4 fully saturated rings. The lowest BCUT2D eigenvalue weighted by molar-refractivity contribution is -0.168. The van der Waals surface area contributed by atoms with Gasteiger partial charge in [0, 0.05) is 18.3 Å². The van der Waals surface area contributed by atoms with E-state index in [9.17, 15) is 9.59 Å². The summed E-state index contributed by atoms with van der Waals surface area (Å²) in [5.74, 6) is 4.11. The summed E-state index contributed by atoms with van der Waals surface area (Å²) in [4.78, 5) is 25.6. The Balaban J connectivity index is 0.00000141. The van der Waals surface area contributed by atoms with Gasteiger partial charge in [-0.3, -0.25) is 9.59 Å². The van der Waals surface area contributed by atoms with E-state index in [1.807, 2.05) is 13.8 Å². The van der Waals surface area contributed by atoms with E-state index in [1.54, 1.807) is 0 Å². The first-order valence-electron chi connectivity index (χ1n) is 13.9. The fraction of sp³-hybridized carbons (Fsp3) is 0.931. The highest BCUT2D eigenvalue weighted by molar-refractivity contribution is 5.86. The number of rotatable bonds is 5. The highest BCUT2D eigenvalue weighted by Gasteiger charge is 2.64. The first-order chi connectivity index (χ1) is 15.3. The summed E-state index contributed by atoms with van der Waals surface area (Å²) in [6.07, 6.45) is 12.7. The molecule has 3 heteroatoms. The molecule has 0 aromatic rings. The maximum Gasteiger partial charge on any atom is 0.305 e. The molecule has 0 N–H and O–H groups in total. The van der Waals surface area contributed by atoms with E-state index >= 15 is 0 Å². The lowest BCUT2D eigenvalue weighted by Crippen LogP contribution is -2.59. The van der Waals surface area contributed by atoms with Crippen molar-refractivity contribution in [3.63, 3.8) is 0 Å². The van der Waals surface area contributed by atoms with Crippen molar-refractivity contribution in [3.05, 3.63) is 0 Å². The number of ketones is 1. The van der Waals surface area contributed by atoms with Crippen molar-refractivity contribution in [2.75, 3.05) is 7.11 Å². The number of carbonyl (C=O) groups excluding carboxylic acids is 2. The summed E-state index contributed by atoms with van der Waals surface area (Å²) < 4.78 is 4.88. The molecule has 4 aliphatic carbocycles. The summed E-state index contributed by atoms with van der Waals surface area (Å²) >= 11 is 0. The van der Waals surface area contributed by atoms with Crippen LogP contribution in [-0.2, 0) is 14.3 Å². The Bertz CT molecular complexity index is 671. The Morgan fingerprint density at radius 2 is 1.69 bits per heavy atom. The van der Waals surface area contributed by atoms with Crippen molar-refractivity contribution < 1.29 is 14.3 Å². The van der Waals surface area contributed by atoms with Crippen LogP contribution in [0.2, 0.25) is 0 Å². The van der Waals surface area contributed by atoms with E-state index in [4.69, 9.17) is 4.74 Å². The molecule has 4 rings (SSSR count). The van der Waals surface area contributed by atoms with Gasteiger partial charge in [0.15, 0.2) is 0 Å². The second-order valence-electron chi connectivity index (χ2n) is 11.8. The number of fused-ring (bicyclic) bond motifs is 5. The first kappa shape index (κ1) is 25.8. The molecule has 0 aromatic carbocycles. The fourth-order valence-corrected chi connectivity index (χ4v) is 9.34. The molecule has 0 amide bonds. The monoisotopic (exact) mass is 446 g/mol. The predicted molar refractivity (Wildman–Crippen MR) is 131 cm³/mol. The Labute approximate surface area is 197 Å². The smallest absolute Gasteiger partial charge is 0.305 e. The first-order valence-corrected chi connectivity index (χ1v) is 13.9. The maximum atomic E-state index is 13.9. The molecule has 0 aromatic heterocycles. The minimum Gasteiger partial charge on any atom is -0.469 e. The summed E-state index contributed by atoms with van der Waals surface area (Å²) in [6.45, 7) is 13.7. The van der Waals surface area contributed by atoms with Crippen LogP contribution in [0.25, 0.3) is 0 Å². The minimum absolute atomic E-state index is 0.0882. The summed E-state index contributed by atoms with van der Waals surface area (Å²) in [7, 11) is 1.49. The Morgan fingerprint density at radius 1 is 1.00 bits per heavy atom. The molecule has 4 aliphatic rings. The molecule has 9 atom stereocenters. The minimum atomic E-state index is -0.0882. The third kappa shape index (κ3) is 4.09. The molecule has 0 radical (unpaired) electrons. The molecule has 184 valence electrons. The van der Waals surface area contributed by atoms with Crippen LogP contribution in [0, 0.1) is 52.3 Å². The van der Waals surface area contributed by atoms with Gasteiger partial charge in [0.2, 0.25) is 0 Å². The van der Waals surface area contributed by atoms with Gasteiger partial charge in [-0.2, -0.15) is 0 Å². The van der Waals surface area contributed by atoms with Crippen LogP contribution in [0.1, 0.15) is 112 Å². The fourth-order valence-electron chi connectivity index (χ4n) is 9.34. The molecule has 0 spiro atoms. The van der Waals surface area contributed by atoms with E-state index in [0.717, 1.165) is 12.8 Å². The van der Waals surface area contributed by atoms with Crippen LogP contribution in [-0.4, -0.2) is 18.9 Å². The Kier molecular flexibility index (Phi) is 8.19. The van der Waals surface area contributed by atoms with Crippen molar-refractivity contribution in [3.8, 4) is 0 Å². The highest BCUT2D eigenvalue weighted by Crippen LogP contribution is 2.68. The van der Waals surface area contributed by atoms with E-state index in [1.165, 1.54) is 58.5 Å². The van der Waals surface area contributed by atoms with Gasteiger partial charge in [-0.25, -0.2) is 0 Å². The number of Topliss-reactive ketones (excluding diaryl/α,β-unsaturated/α-hetero) is 1. The molecule has 32 heavy (non-hydrogen) atoms. The van der Waals surface area contributed by atoms with Crippen LogP contribution in [0.15, 0.2) is 0 Å². The molecule has 0 bridgehead atoms. The molecule has 4 saturated carbocycles. The third-order valence-electron chi connectivity index (χ3n) is 10.9. The zero-order chi connectivity index (χ0) is 23.7. The predicted octanol–water partition coefficient (Wildman–Crippen LogP) is 7.47. The number of hydrogen-bond acceptors (Lipinski definition) is 3. The van der Waals surface area contributed by atoms with E-state index < -0.39 is 0 Å². The SMILES string of the molecule is CC.CCC1C(=O)C2C(CCC3(C)C2CCC3[C@H](C)CCC(=O)OC)C2(C)CCCCC12. The maximum absolute atomic E-state index is 13.9. The second kappa shape index (κ2) is 10.2. The third-order valence-corrected chi connectivity index (χ3v) is 10.9. The van der Waals surface area contributed by atoms with E-state index in [2.05, 4.69) is 27.7 Å². The van der Waals surface area contributed by atoms with Gasteiger partial charge in [0.25, 0.3) is 0 Å². The average molecular weight is 447 g/mol.